The summed E-state index contributed by atoms with van der Waals surface area (Å²) in [4.78, 5) is 32.0. The van der Waals surface area contributed by atoms with Gasteiger partial charge in [-0.2, -0.15) is 5.10 Å². The lowest BCUT2D eigenvalue weighted by atomic mass is 10.1. The Morgan fingerprint density at radius 2 is 1.92 bits per heavy atom. The smallest absolute Gasteiger partial charge is 0.255 e. The molecule has 9 nitrogen and oxygen atoms in total. The van der Waals surface area contributed by atoms with Gasteiger partial charge in [-0.1, -0.05) is 12.1 Å². The van der Waals surface area contributed by atoms with E-state index in [9.17, 15) is 9.59 Å². The summed E-state index contributed by atoms with van der Waals surface area (Å²) in [6.07, 6.45) is 1.89. The van der Waals surface area contributed by atoms with Gasteiger partial charge >= 0.3 is 0 Å². The predicted octanol–water partition coefficient (Wildman–Crippen LogP) is 4.05. The summed E-state index contributed by atoms with van der Waals surface area (Å²) < 4.78 is 7.65. The number of carbonyl (C=O) groups is 2. The molecule has 0 saturated carbocycles. The average molecular weight is 511 g/mol. The Morgan fingerprint density at radius 3 is 2.58 bits per heavy atom. The highest BCUT2D eigenvalue weighted by Gasteiger charge is 2.23. The zero-order valence-corrected chi connectivity index (χ0v) is 22.5. The summed E-state index contributed by atoms with van der Waals surface area (Å²) >= 11 is 1.35. The van der Waals surface area contributed by atoms with Gasteiger partial charge in [0.05, 0.1) is 41.7 Å². The molecule has 36 heavy (non-hydrogen) atoms. The van der Waals surface area contributed by atoms with E-state index in [1.807, 2.05) is 45.2 Å². The van der Waals surface area contributed by atoms with Crippen molar-refractivity contribution in [1.82, 2.24) is 20.1 Å². The van der Waals surface area contributed by atoms with Gasteiger partial charge in [-0.25, -0.2) is 4.98 Å². The van der Waals surface area contributed by atoms with E-state index < -0.39 is 0 Å². The Balaban J connectivity index is 1.35. The predicted molar refractivity (Wildman–Crippen MR) is 143 cm³/mol. The van der Waals surface area contributed by atoms with E-state index in [4.69, 9.17) is 4.74 Å². The molecule has 1 aromatic carbocycles. The highest BCUT2D eigenvalue weighted by atomic mass is 32.1. The number of rotatable bonds is 6. The molecule has 1 fully saturated rings. The van der Waals surface area contributed by atoms with Gasteiger partial charge < -0.3 is 20.3 Å². The van der Waals surface area contributed by atoms with Crippen molar-refractivity contribution in [3.63, 3.8) is 0 Å². The number of thiazole rings is 1. The van der Waals surface area contributed by atoms with Crippen molar-refractivity contribution in [2.24, 2.45) is 0 Å². The number of ether oxygens (including phenoxy) is 1. The maximum absolute atomic E-state index is 12.6. The summed E-state index contributed by atoms with van der Waals surface area (Å²) in [5.41, 5.74) is 3.88. The summed E-state index contributed by atoms with van der Waals surface area (Å²) in [7, 11) is 0. The van der Waals surface area contributed by atoms with Crippen molar-refractivity contribution in [3.05, 3.63) is 47.1 Å². The highest BCUT2D eigenvalue weighted by molar-refractivity contribution is 7.14. The number of carbonyl (C=O) groups excluding carboxylic acids is 2. The first-order chi connectivity index (χ1) is 17.0. The van der Waals surface area contributed by atoms with Crippen molar-refractivity contribution in [2.45, 2.75) is 59.3 Å². The van der Waals surface area contributed by atoms with Crippen LogP contribution in [0.25, 0.3) is 11.3 Å². The second-order valence-corrected chi connectivity index (χ2v) is 11.1. The van der Waals surface area contributed by atoms with Gasteiger partial charge in [-0.05, 0) is 53.7 Å². The zero-order valence-electron chi connectivity index (χ0n) is 21.7. The number of benzene rings is 1. The minimum Gasteiger partial charge on any atom is -0.372 e. The first-order valence-electron chi connectivity index (χ1n) is 12.1. The molecule has 4 rings (SSSR count). The number of morpholine rings is 1. The van der Waals surface area contributed by atoms with Crippen LogP contribution in [0.15, 0.2) is 35.8 Å². The Labute approximate surface area is 215 Å². The number of anilines is 2. The fraction of sp³-hybridized carbons (Fsp3) is 0.462. The van der Waals surface area contributed by atoms with Crippen LogP contribution in [0.1, 0.15) is 50.7 Å². The van der Waals surface area contributed by atoms with Crippen molar-refractivity contribution < 1.29 is 14.3 Å². The monoisotopic (exact) mass is 510 g/mol. The van der Waals surface area contributed by atoms with E-state index in [1.165, 1.54) is 17.5 Å². The van der Waals surface area contributed by atoms with Crippen LogP contribution < -0.4 is 15.5 Å². The molecule has 0 spiro atoms. The zero-order chi connectivity index (χ0) is 26.0. The molecule has 1 aliphatic heterocycles. The number of hydrogen-bond acceptors (Lipinski definition) is 7. The van der Waals surface area contributed by atoms with Crippen molar-refractivity contribution in [2.75, 3.05) is 29.9 Å². The molecule has 0 bridgehead atoms. The van der Waals surface area contributed by atoms with Crippen LogP contribution in [0.2, 0.25) is 0 Å². The molecular weight excluding hydrogens is 476 g/mol. The lowest BCUT2D eigenvalue weighted by Crippen LogP contribution is -2.45. The SMILES string of the molecule is Cc1c(C(=O)NCC(=O)Nc2nc(-c3cccc(N4C[C@@H](C)O[C@@H](C)C4)c3)cs2)cnn1C(C)(C)C. The van der Waals surface area contributed by atoms with Crippen LogP contribution in [-0.4, -0.2) is 58.4 Å². The number of hydrogen-bond donors (Lipinski definition) is 2. The number of nitrogens with one attached hydrogen (secondary N) is 2. The molecule has 2 aromatic heterocycles. The van der Waals surface area contributed by atoms with Gasteiger partial charge in [-0.3, -0.25) is 14.3 Å². The maximum Gasteiger partial charge on any atom is 0.255 e. The van der Waals surface area contributed by atoms with E-state index in [0.29, 0.717) is 10.7 Å². The quantitative estimate of drug-likeness (QED) is 0.519. The Bertz CT molecular complexity index is 1230. The first-order valence-corrected chi connectivity index (χ1v) is 13.0. The molecule has 3 aromatic rings. The van der Waals surface area contributed by atoms with Crippen LogP contribution in [0.4, 0.5) is 10.8 Å². The van der Waals surface area contributed by atoms with Crippen LogP contribution in [-0.2, 0) is 15.1 Å². The van der Waals surface area contributed by atoms with Gasteiger partial charge in [0.25, 0.3) is 5.91 Å². The van der Waals surface area contributed by atoms with Crippen molar-refractivity contribution in [3.8, 4) is 11.3 Å². The largest absolute Gasteiger partial charge is 0.372 e. The molecule has 0 aliphatic carbocycles. The topological polar surface area (TPSA) is 101 Å². The Kier molecular flexibility index (Phi) is 7.46. The van der Waals surface area contributed by atoms with Crippen molar-refractivity contribution >= 4 is 34.0 Å². The summed E-state index contributed by atoms with van der Waals surface area (Å²) in [6, 6.07) is 8.24. The van der Waals surface area contributed by atoms with E-state index >= 15 is 0 Å². The Morgan fingerprint density at radius 1 is 1.19 bits per heavy atom. The lowest BCUT2D eigenvalue weighted by molar-refractivity contribution is -0.115. The maximum atomic E-state index is 12.6. The number of nitrogens with zero attached hydrogens (tertiary/aromatic N) is 4. The highest BCUT2D eigenvalue weighted by Crippen LogP contribution is 2.29. The molecule has 2 atom stereocenters. The third-order valence-corrected chi connectivity index (χ3v) is 6.73. The van der Waals surface area contributed by atoms with Gasteiger partial charge in [-0.15, -0.1) is 11.3 Å². The van der Waals surface area contributed by atoms with Crippen molar-refractivity contribution in [1.29, 1.82) is 0 Å². The number of amides is 2. The van der Waals surface area contributed by atoms with E-state index in [1.54, 1.807) is 4.68 Å². The average Bonchev–Trinajstić information content (AvgIpc) is 3.43. The molecule has 192 valence electrons. The molecule has 3 heterocycles. The van der Waals surface area contributed by atoms with E-state index in [0.717, 1.165) is 35.7 Å². The molecule has 10 heteroatoms. The lowest BCUT2D eigenvalue weighted by Gasteiger charge is -2.37. The summed E-state index contributed by atoms with van der Waals surface area (Å²) in [5.74, 6) is -0.670. The molecule has 1 saturated heterocycles. The van der Waals surface area contributed by atoms with Crippen LogP contribution in [0.3, 0.4) is 0 Å². The fourth-order valence-corrected chi connectivity index (χ4v) is 5.18. The minimum atomic E-state index is -0.338. The van der Waals surface area contributed by atoms with Gasteiger partial charge in [0.1, 0.15) is 0 Å². The summed E-state index contributed by atoms with van der Waals surface area (Å²) in [6.45, 7) is 13.6. The number of aromatic nitrogens is 3. The van der Waals surface area contributed by atoms with Gasteiger partial charge in [0.15, 0.2) is 5.13 Å². The van der Waals surface area contributed by atoms with Gasteiger partial charge in [0, 0.05) is 35.4 Å². The third-order valence-electron chi connectivity index (χ3n) is 5.98. The normalized spacial score (nSPS) is 18.2. The molecule has 2 amide bonds. The van der Waals surface area contributed by atoms with Gasteiger partial charge in [0.2, 0.25) is 5.91 Å². The minimum absolute atomic E-state index is 0.156. The molecule has 0 radical (unpaired) electrons. The standard InChI is InChI=1S/C26H34N6O3S/c1-16-13-31(14-17(2)35-16)20-9-7-8-19(10-20)22-15-36-25(29-22)30-23(33)12-27-24(34)21-11-28-32(18(21)3)26(4,5)6/h7-11,15-17H,12-14H2,1-6H3,(H,27,34)(H,29,30,33)/t16-,17+. The molecule has 1 aliphatic rings. The van der Waals surface area contributed by atoms with E-state index in [-0.39, 0.29) is 36.1 Å². The van der Waals surface area contributed by atoms with Crippen LogP contribution >= 0.6 is 11.3 Å². The first kappa shape index (κ1) is 25.8. The molecule has 0 unspecified atom stereocenters. The third kappa shape index (κ3) is 5.93. The fourth-order valence-electron chi connectivity index (χ4n) is 4.44. The van der Waals surface area contributed by atoms with E-state index in [2.05, 4.69) is 51.6 Å². The van der Waals surface area contributed by atoms with Crippen LogP contribution in [0.5, 0.6) is 0 Å². The Hall–Kier alpha value is -3.24. The van der Waals surface area contributed by atoms with Crippen LogP contribution in [0, 0.1) is 6.92 Å². The second-order valence-electron chi connectivity index (χ2n) is 10.2. The molecular formula is C26H34N6O3S. The summed E-state index contributed by atoms with van der Waals surface area (Å²) in [5, 5.41) is 12.2. The molecule has 2 N–H and O–H groups in total. The second kappa shape index (κ2) is 10.4.